The summed E-state index contributed by atoms with van der Waals surface area (Å²) in [5.41, 5.74) is 0.769. The summed E-state index contributed by atoms with van der Waals surface area (Å²) in [6, 6.07) is 4.34. The number of aromatic nitrogens is 4. The number of aromatic amines is 1. The monoisotopic (exact) mass is 255 g/mol. The average molecular weight is 256 g/mol. The number of nitrogens with one attached hydrogen (secondary N) is 2. The van der Waals surface area contributed by atoms with Crippen LogP contribution in [0.2, 0.25) is 5.02 Å². The lowest BCUT2D eigenvalue weighted by atomic mass is 10.2. The van der Waals surface area contributed by atoms with E-state index in [0.29, 0.717) is 17.4 Å². The number of hydrogen-bond acceptors (Lipinski definition) is 4. The van der Waals surface area contributed by atoms with Gasteiger partial charge in [-0.1, -0.05) is 16.8 Å². The van der Waals surface area contributed by atoms with E-state index < -0.39 is 0 Å². The fourth-order valence-corrected chi connectivity index (χ4v) is 1.67. The first kappa shape index (κ1) is 11.9. The molecule has 0 radical (unpaired) electrons. The van der Waals surface area contributed by atoms with Crippen molar-refractivity contribution in [3.05, 3.63) is 40.4 Å². The summed E-state index contributed by atoms with van der Waals surface area (Å²) in [5.74, 6) is 0.217. The minimum atomic E-state index is -0.346. The van der Waals surface area contributed by atoms with E-state index in [0.717, 1.165) is 5.56 Å². The third kappa shape index (κ3) is 3.21. The lowest BCUT2D eigenvalue weighted by molar-refractivity contribution is 0.544. The molecule has 0 aliphatic heterocycles. The van der Waals surface area contributed by atoms with Crippen molar-refractivity contribution in [2.75, 3.05) is 0 Å². The lowest BCUT2D eigenvalue weighted by Crippen LogP contribution is -2.19. The smallest absolute Gasteiger partial charge is 0.191 e. The molecule has 5 nitrogen and oxygen atoms in total. The SMILES string of the molecule is CC(NCc1cc(F)cc(Cl)c1)c1nn[nH]n1. The molecule has 7 heteroatoms. The minimum absolute atomic E-state index is 0.0733. The zero-order chi connectivity index (χ0) is 12.3. The fraction of sp³-hybridized carbons (Fsp3) is 0.300. The minimum Gasteiger partial charge on any atom is -0.303 e. The summed E-state index contributed by atoms with van der Waals surface area (Å²) in [6.07, 6.45) is 0. The third-order valence-corrected chi connectivity index (χ3v) is 2.50. The molecular formula is C10H11ClFN5. The van der Waals surface area contributed by atoms with Crippen molar-refractivity contribution in [1.82, 2.24) is 25.9 Å². The molecule has 0 fully saturated rings. The molecule has 17 heavy (non-hydrogen) atoms. The molecule has 1 unspecified atom stereocenters. The van der Waals surface area contributed by atoms with Crippen LogP contribution >= 0.6 is 11.6 Å². The van der Waals surface area contributed by atoms with Gasteiger partial charge in [-0.05, 0) is 30.7 Å². The Balaban J connectivity index is 1.98. The van der Waals surface area contributed by atoms with Crippen molar-refractivity contribution in [2.24, 2.45) is 0 Å². The molecule has 2 N–H and O–H groups in total. The Kier molecular flexibility index (Phi) is 3.65. The van der Waals surface area contributed by atoms with Gasteiger partial charge in [-0.2, -0.15) is 5.21 Å². The molecule has 1 heterocycles. The van der Waals surface area contributed by atoms with E-state index in [4.69, 9.17) is 11.6 Å². The van der Waals surface area contributed by atoms with Crippen LogP contribution in [0.1, 0.15) is 24.4 Å². The molecular weight excluding hydrogens is 245 g/mol. The zero-order valence-electron chi connectivity index (χ0n) is 9.11. The molecule has 0 bridgehead atoms. The van der Waals surface area contributed by atoms with E-state index >= 15 is 0 Å². The van der Waals surface area contributed by atoms with E-state index in [1.807, 2.05) is 6.92 Å². The van der Waals surface area contributed by atoms with Gasteiger partial charge in [-0.15, -0.1) is 10.2 Å². The van der Waals surface area contributed by atoms with Crippen molar-refractivity contribution in [2.45, 2.75) is 19.5 Å². The van der Waals surface area contributed by atoms with Gasteiger partial charge in [0.2, 0.25) is 0 Å². The Bertz CT molecular complexity index is 467. The topological polar surface area (TPSA) is 66.5 Å². The Morgan fingerprint density at radius 1 is 1.47 bits per heavy atom. The lowest BCUT2D eigenvalue weighted by Gasteiger charge is -2.10. The summed E-state index contributed by atoms with van der Waals surface area (Å²) in [4.78, 5) is 0. The molecule has 2 aromatic rings. The number of rotatable bonds is 4. The zero-order valence-corrected chi connectivity index (χ0v) is 9.87. The van der Waals surface area contributed by atoms with Gasteiger partial charge in [0.1, 0.15) is 5.82 Å². The molecule has 1 atom stereocenters. The number of halogens is 2. The van der Waals surface area contributed by atoms with E-state index in [-0.39, 0.29) is 11.9 Å². The van der Waals surface area contributed by atoms with Gasteiger partial charge in [-0.3, -0.25) is 0 Å². The average Bonchev–Trinajstić information content (AvgIpc) is 2.78. The van der Waals surface area contributed by atoms with Gasteiger partial charge in [0.25, 0.3) is 0 Å². The predicted molar refractivity (Wildman–Crippen MR) is 60.8 cm³/mol. The van der Waals surface area contributed by atoms with Crippen molar-refractivity contribution in [3.63, 3.8) is 0 Å². The molecule has 0 saturated carbocycles. The largest absolute Gasteiger partial charge is 0.303 e. The molecule has 1 aromatic carbocycles. The molecule has 90 valence electrons. The molecule has 0 saturated heterocycles. The van der Waals surface area contributed by atoms with E-state index in [1.54, 1.807) is 6.07 Å². The third-order valence-electron chi connectivity index (χ3n) is 2.28. The normalized spacial score (nSPS) is 12.6. The second-order valence-corrected chi connectivity index (χ2v) is 4.09. The number of hydrogen-bond donors (Lipinski definition) is 2. The van der Waals surface area contributed by atoms with Gasteiger partial charge in [-0.25, -0.2) is 4.39 Å². The van der Waals surface area contributed by atoms with Crippen LogP contribution in [0.3, 0.4) is 0 Å². The van der Waals surface area contributed by atoms with Gasteiger partial charge >= 0.3 is 0 Å². The number of nitrogens with zero attached hydrogens (tertiary/aromatic N) is 3. The van der Waals surface area contributed by atoms with Crippen LogP contribution < -0.4 is 5.32 Å². The number of tetrazole rings is 1. The van der Waals surface area contributed by atoms with E-state index in [1.165, 1.54) is 12.1 Å². The maximum Gasteiger partial charge on any atom is 0.191 e. The number of H-pyrrole nitrogens is 1. The molecule has 0 aliphatic carbocycles. The van der Waals surface area contributed by atoms with Crippen molar-refractivity contribution in [3.8, 4) is 0 Å². The van der Waals surface area contributed by atoms with E-state index in [9.17, 15) is 4.39 Å². The summed E-state index contributed by atoms with van der Waals surface area (Å²) in [6.45, 7) is 2.37. The molecule has 2 rings (SSSR count). The molecule has 0 aliphatic rings. The van der Waals surface area contributed by atoms with Crippen LogP contribution in [0.15, 0.2) is 18.2 Å². The van der Waals surface area contributed by atoms with Crippen LogP contribution in [0.25, 0.3) is 0 Å². The summed E-state index contributed by atoms with van der Waals surface area (Å²) in [5, 5.41) is 17.1. The first-order chi connectivity index (χ1) is 8.15. The Hall–Kier alpha value is -1.53. The van der Waals surface area contributed by atoms with Crippen molar-refractivity contribution >= 4 is 11.6 Å². The highest BCUT2D eigenvalue weighted by Crippen LogP contribution is 2.15. The summed E-state index contributed by atoms with van der Waals surface area (Å²) < 4.78 is 13.1. The standard InChI is InChI=1S/C10H11ClFN5/c1-6(10-14-16-17-15-10)13-5-7-2-8(11)4-9(12)3-7/h2-4,6,13H,5H2,1H3,(H,14,15,16,17). The van der Waals surface area contributed by atoms with Crippen molar-refractivity contribution in [1.29, 1.82) is 0 Å². The quantitative estimate of drug-likeness (QED) is 0.875. The van der Waals surface area contributed by atoms with Crippen molar-refractivity contribution < 1.29 is 4.39 Å². The van der Waals surface area contributed by atoms with Gasteiger partial charge in [0.05, 0.1) is 6.04 Å². The Labute approximate surface area is 102 Å². The summed E-state index contributed by atoms with van der Waals surface area (Å²) >= 11 is 5.76. The highest BCUT2D eigenvalue weighted by molar-refractivity contribution is 6.30. The maximum absolute atomic E-state index is 13.1. The van der Waals surface area contributed by atoms with Gasteiger partial charge in [0.15, 0.2) is 5.82 Å². The first-order valence-corrected chi connectivity index (χ1v) is 5.44. The van der Waals surface area contributed by atoms with Crippen LogP contribution in [-0.4, -0.2) is 20.6 Å². The van der Waals surface area contributed by atoms with Crippen LogP contribution in [0.5, 0.6) is 0 Å². The fourth-order valence-electron chi connectivity index (χ4n) is 1.43. The maximum atomic E-state index is 13.1. The Morgan fingerprint density at radius 2 is 2.29 bits per heavy atom. The highest BCUT2D eigenvalue weighted by Gasteiger charge is 2.09. The van der Waals surface area contributed by atoms with E-state index in [2.05, 4.69) is 25.9 Å². The second-order valence-electron chi connectivity index (χ2n) is 3.65. The molecule has 0 spiro atoms. The number of benzene rings is 1. The van der Waals surface area contributed by atoms with Gasteiger partial charge < -0.3 is 5.32 Å². The summed E-state index contributed by atoms with van der Waals surface area (Å²) in [7, 11) is 0. The van der Waals surface area contributed by atoms with Crippen LogP contribution in [0.4, 0.5) is 4.39 Å². The van der Waals surface area contributed by atoms with Crippen LogP contribution in [-0.2, 0) is 6.54 Å². The molecule has 1 aromatic heterocycles. The first-order valence-electron chi connectivity index (χ1n) is 5.07. The predicted octanol–water partition coefficient (Wildman–Crippen LogP) is 1.84. The van der Waals surface area contributed by atoms with Crippen LogP contribution in [0, 0.1) is 5.82 Å². The van der Waals surface area contributed by atoms with Gasteiger partial charge in [0, 0.05) is 11.6 Å². The Morgan fingerprint density at radius 3 is 2.94 bits per heavy atom. The second kappa shape index (κ2) is 5.20. The molecule has 0 amide bonds. The highest BCUT2D eigenvalue weighted by atomic mass is 35.5.